The van der Waals surface area contributed by atoms with Crippen molar-refractivity contribution >= 4 is 24.7 Å². The van der Waals surface area contributed by atoms with E-state index in [4.69, 9.17) is 3.07 Å². The van der Waals surface area contributed by atoms with Gasteiger partial charge in [-0.25, -0.2) is 0 Å². The third-order valence-corrected chi connectivity index (χ3v) is 10.1. The van der Waals surface area contributed by atoms with Crippen molar-refractivity contribution in [1.82, 2.24) is 0 Å². The van der Waals surface area contributed by atoms with Gasteiger partial charge in [-0.1, -0.05) is 0 Å². The van der Waals surface area contributed by atoms with E-state index in [2.05, 4.69) is 2.70 Å². The molecule has 94 valence electrons. The average molecular weight is 352 g/mol. The molecule has 1 saturated heterocycles. The zero-order chi connectivity index (χ0) is 12.1. The molecule has 0 unspecified atom stereocenters. The van der Waals surface area contributed by atoms with Gasteiger partial charge in [0.2, 0.25) is 0 Å². The zero-order valence-electron chi connectivity index (χ0n) is 9.10. The van der Waals surface area contributed by atoms with E-state index in [1.807, 2.05) is 0 Å². The van der Waals surface area contributed by atoms with Gasteiger partial charge in [0.25, 0.3) is 0 Å². The summed E-state index contributed by atoms with van der Waals surface area (Å²) in [7, 11) is 0. The average Bonchev–Trinajstić information content (AvgIpc) is 2.88. The molecule has 0 amide bonds. The monoisotopic (exact) mass is 352 g/mol. The van der Waals surface area contributed by atoms with E-state index in [1.165, 1.54) is 12.1 Å². The fourth-order valence-corrected chi connectivity index (χ4v) is 8.62. The van der Waals surface area contributed by atoms with Gasteiger partial charge in [-0.2, -0.15) is 0 Å². The van der Waals surface area contributed by atoms with Crippen molar-refractivity contribution in [2.75, 3.05) is 13.2 Å². The fourth-order valence-electron chi connectivity index (χ4n) is 2.16. The van der Waals surface area contributed by atoms with Crippen molar-refractivity contribution in [3.8, 4) is 0 Å². The van der Waals surface area contributed by atoms with Crippen LogP contribution in [0.5, 0.6) is 0 Å². The maximum atomic E-state index is 12.9. The Hall–Kier alpha value is -0.700. The molecule has 0 aliphatic carbocycles. The number of carbonyl (C=O) groups is 1. The molecule has 3 rings (SSSR count). The topological polar surface area (TPSA) is 72.3 Å². The Labute approximate surface area is 102 Å². The molecule has 2 heterocycles. The minimum absolute atomic E-state index is 0.148. The molecular weight excluding hydrogens is 339 g/mol. The SMILES string of the molecule is O=C1OI([O-])(O)([O+]2CCCC2)c2ccccc21. The predicted molar refractivity (Wildman–Crippen MR) is 66.8 cm³/mol. The van der Waals surface area contributed by atoms with E-state index >= 15 is 0 Å². The molecule has 0 bridgehead atoms. The van der Waals surface area contributed by atoms with Gasteiger partial charge in [-0.15, -0.1) is 0 Å². The first-order chi connectivity index (χ1) is 8.01. The molecule has 1 aromatic rings. The summed E-state index contributed by atoms with van der Waals surface area (Å²) in [5.74, 6) is -0.702. The van der Waals surface area contributed by atoms with Crippen LogP contribution in [0, 0.1) is 3.57 Å². The van der Waals surface area contributed by atoms with Crippen LogP contribution in [0.15, 0.2) is 24.3 Å². The van der Waals surface area contributed by atoms with Crippen molar-refractivity contribution in [2.45, 2.75) is 12.8 Å². The second-order valence-corrected chi connectivity index (χ2v) is 11.0. The van der Waals surface area contributed by atoms with Crippen LogP contribution in [-0.2, 0) is 5.76 Å². The molecule has 2 aliphatic heterocycles. The maximum absolute atomic E-state index is 12.9. The Bertz CT molecular complexity index is 492. The Morgan fingerprint density at radius 1 is 1.29 bits per heavy atom. The molecule has 17 heavy (non-hydrogen) atoms. The van der Waals surface area contributed by atoms with Gasteiger partial charge in [0, 0.05) is 0 Å². The van der Waals surface area contributed by atoms with E-state index < -0.39 is 24.7 Å². The first-order valence-corrected chi connectivity index (χ1v) is 10.1. The molecule has 2 aliphatic rings. The number of rotatable bonds is 1. The summed E-state index contributed by atoms with van der Waals surface area (Å²) in [5.41, 5.74) is 0.207. The molecule has 0 radical (unpaired) electrons. The number of hydrogen-bond donors (Lipinski definition) is 1. The van der Waals surface area contributed by atoms with Gasteiger partial charge in [0.1, 0.15) is 0 Å². The summed E-state index contributed by atoms with van der Waals surface area (Å²) < 4.78 is 30.9. The van der Waals surface area contributed by atoms with Crippen LogP contribution in [0.2, 0.25) is 0 Å². The third-order valence-electron chi connectivity index (χ3n) is 3.01. The van der Waals surface area contributed by atoms with Crippen molar-refractivity contribution in [2.24, 2.45) is 0 Å². The van der Waals surface area contributed by atoms with Crippen LogP contribution in [0.1, 0.15) is 23.2 Å². The van der Waals surface area contributed by atoms with Crippen LogP contribution >= 0.6 is 18.7 Å². The van der Waals surface area contributed by atoms with E-state index in [1.54, 1.807) is 12.1 Å². The summed E-state index contributed by atoms with van der Waals surface area (Å²) in [5, 5.41) is 0. The van der Waals surface area contributed by atoms with Crippen molar-refractivity contribution in [3.63, 3.8) is 0 Å². The van der Waals surface area contributed by atoms with Gasteiger partial charge in [0.15, 0.2) is 0 Å². The Balaban J connectivity index is 2.18. The number of fused-ring (bicyclic) bond motifs is 1. The van der Waals surface area contributed by atoms with Crippen molar-refractivity contribution in [3.05, 3.63) is 33.4 Å². The molecule has 6 heteroatoms. The normalized spacial score (nSPS) is 28.1. The number of halogens is 1. The zero-order valence-corrected chi connectivity index (χ0v) is 11.3. The molecule has 5 nitrogen and oxygen atoms in total. The van der Waals surface area contributed by atoms with E-state index in [0.717, 1.165) is 12.8 Å². The van der Waals surface area contributed by atoms with Crippen LogP contribution < -0.4 is 3.44 Å². The second-order valence-electron chi connectivity index (χ2n) is 4.09. The summed E-state index contributed by atoms with van der Waals surface area (Å²) >= 11 is -5.67. The van der Waals surface area contributed by atoms with E-state index in [0.29, 0.717) is 13.2 Å². The third kappa shape index (κ3) is 1.44. The van der Waals surface area contributed by atoms with Crippen LogP contribution in [0.25, 0.3) is 0 Å². The molecule has 0 spiro atoms. The van der Waals surface area contributed by atoms with Crippen LogP contribution in [0.3, 0.4) is 0 Å². The van der Waals surface area contributed by atoms with Gasteiger partial charge in [-0.05, 0) is 0 Å². The summed E-state index contributed by atoms with van der Waals surface area (Å²) in [6, 6.07) is 6.34. The van der Waals surface area contributed by atoms with Crippen LogP contribution in [0.4, 0.5) is 0 Å². The molecule has 1 fully saturated rings. The van der Waals surface area contributed by atoms with Gasteiger partial charge in [0.05, 0.1) is 0 Å². The van der Waals surface area contributed by atoms with Crippen molar-refractivity contribution in [1.29, 1.82) is 0 Å². The molecule has 0 atom stereocenters. The Kier molecular flexibility index (Phi) is 2.28. The Morgan fingerprint density at radius 2 is 1.94 bits per heavy atom. The number of hydrogen-bond acceptors (Lipinski definition) is 4. The minimum atomic E-state index is -5.67. The van der Waals surface area contributed by atoms with Gasteiger partial charge < -0.3 is 0 Å². The summed E-state index contributed by atoms with van der Waals surface area (Å²) in [4.78, 5) is 11.7. The van der Waals surface area contributed by atoms with Gasteiger partial charge in [-0.3, -0.25) is 0 Å². The van der Waals surface area contributed by atoms with Crippen LogP contribution in [-0.4, -0.2) is 22.6 Å². The summed E-state index contributed by atoms with van der Waals surface area (Å²) in [6.07, 6.45) is 1.65. The molecular formula is C11H13IO5. The fraction of sp³-hybridized carbons (Fsp3) is 0.364. The molecule has 0 aromatic heterocycles. The quantitative estimate of drug-likeness (QED) is 0.604. The number of carbonyl (C=O) groups excluding carboxylic acids is 1. The second kappa shape index (κ2) is 3.41. The first kappa shape index (κ1) is 11.4. The summed E-state index contributed by atoms with van der Waals surface area (Å²) in [6.45, 7) is 0.853. The van der Waals surface area contributed by atoms with E-state index in [-0.39, 0.29) is 9.13 Å². The predicted octanol–water partition coefficient (Wildman–Crippen LogP) is 0.963. The van der Waals surface area contributed by atoms with E-state index in [9.17, 15) is 11.7 Å². The standard InChI is InChI=1S/C11H13IO5/c13-11-9-5-1-2-6-10(9)12(14,15,16-11)17-7-3-4-8-17/h1-2,5-6,14H,3-4,7-8H2. The Morgan fingerprint density at radius 3 is 2.65 bits per heavy atom. The molecule has 0 saturated carbocycles. The molecule has 1 aromatic carbocycles. The van der Waals surface area contributed by atoms with Crippen molar-refractivity contribution < 1.29 is 17.4 Å². The first-order valence-electron chi connectivity index (χ1n) is 5.38. The molecule has 1 N–H and O–H groups in total. The van der Waals surface area contributed by atoms with Gasteiger partial charge >= 0.3 is 102 Å². The number of benzene rings is 1.